The van der Waals surface area contributed by atoms with Crippen molar-refractivity contribution in [3.63, 3.8) is 0 Å². The van der Waals surface area contributed by atoms with Crippen LogP contribution in [-0.2, 0) is 0 Å². The van der Waals surface area contributed by atoms with Crippen LogP contribution in [-0.4, -0.2) is 19.7 Å². The van der Waals surface area contributed by atoms with Gasteiger partial charge in [-0.15, -0.1) is 0 Å². The molecule has 0 unspecified atom stereocenters. The number of aromatic nitrogens is 4. The van der Waals surface area contributed by atoms with Crippen LogP contribution in [0.25, 0.3) is 28.1 Å². The predicted octanol–water partition coefficient (Wildman–Crippen LogP) is 3.79. The van der Waals surface area contributed by atoms with Crippen LogP contribution >= 0.6 is 0 Å². The number of rotatable bonds is 2. The minimum Gasteiger partial charge on any atom is -0.249 e. The Morgan fingerprint density at radius 2 is 1.55 bits per heavy atom. The summed E-state index contributed by atoms with van der Waals surface area (Å²) in [5, 5.41) is 4.75. The molecule has 2 aromatic heterocycles. The number of aryl methyl sites for hydroxylation is 1. The zero-order valence-electron chi connectivity index (χ0n) is 12.1. The molecule has 2 aromatic carbocycles. The van der Waals surface area contributed by atoms with Gasteiger partial charge in [0.1, 0.15) is 11.2 Å². The maximum atomic E-state index is 4.75. The lowest BCUT2D eigenvalue weighted by Crippen LogP contribution is -1.97. The second kappa shape index (κ2) is 5.07. The van der Waals surface area contributed by atoms with E-state index < -0.39 is 0 Å². The molecule has 2 heterocycles. The first-order valence-electron chi connectivity index (χ1n) is 7.15. The van der Waals surface area contributed by atoms with Crippen LogP contribution in [0.2, 0.25) is 0 Å². The van der Waals surface area contributed by atoms with Crippen molar-refractivity contribution in [2.45, 2.75) is 6.92 Å². The van der Waals surface area contributed by atoms with E-state index in [1.807, 2.05) is 35.0 Å². The molecule has 4 rings (SSSR count). The molecule has 0 saturated heterocycles. The topological polar surface area (TPSA) is 43.6 Å². The maximum absolute atomic E-state index is 4.75. The molecule has 0 aliphatic rings. The van der Waals surface area contributed by atoms with Gasteiger partial charge in [0.25, 0.3) is 0 Å². The van der Waals surface area contributed by atoms with Crippen molar-refractivity contribution in [2.75, 3.05) is 0 Å². The molecule has 106 valence electrons. The molecule has 4 aromatic rings. The summed E-state index contributed by atoms with van der Waals surface area (Å²) in [5.74, 6) is 0. The van der Waals surface area contributed by atoms with Gasteiger partial charge >= 0.3 is 0 Å². The predicted molar refractivity (Wildman–Crippen MR) is 86.8 cm³/mol. The third-order valence-electron chi connectivity index (χ3n) is 3.63. The van der Waals surface area contributed by atoms with Crippen molar-refractivity contribution >= 4 is 11.2 Å². The van der Waals surface area contributed by atoms with E-state index in [0.29, 0.717) is 0 Å². The molecule has 0 N–H and O–H groups in total. The number of hydrogen-bond acceptors (Lipinski definition) is 3. The van der Waals surface area contributed by atoms with Gasteiger partial charge in [-0.05, 0) is 19.1 Å². The Balaban J connectivity index is 1.99. The van der Waals surface area contributed by atoms with Crippen molar-refractivity contribution in [2.24, 2.45) is 0 Å². The van der Waals surface area contributed by atoms with Crippen LogP contribution in [0.5, 0.6) is 0 Å². The molecule has 0 radical (unpaired) electrons. The lowest BCUT2D eigenvalue weighted by atomic mass is 10.1. The van der Waals surface area contributed by atoms with E-state index in [2.05, 4.69) is 41.2 Å². The van der Waals surface area contributed by atoms with E-state index in [-0.39, 0.29) is 0 Å². The van der Waals surface area contributed by atoms with E-state index in [1.165, 1.54) is 5.56 Å². The summed E-state index contributed by atoms with van der Waals surface area (Å²) in [5.41, 5.74) is 5.69. The molecule has 0 spiro atoms. The highest BCUT2D eigenvalue weighted by Gasteiger charge is 2.15. The summed E-state index contributed by atoms with van der Waals surface area (Å²) < 4.78 is 1.84. The van der Waals surface area contributed by atoms with Gasteiger partial charge in [-0.2, -0.15) is 5.10 Å². The number of fused-ring (bicyclic) bond motifs is 1. The molecule has 4 heteroatoms. The molecule has 0 atom stereocenters. The largest absolute Gasteiger partial charge is 0.249 e. The number of para-hydroxylation sites is 1. The molecular formula is C18H14N4. The third-order valence-corrected chi connectivity index (χ3v) is 3.63. The second-order valence-corrected chi connectivity index (χ2v) is 5.19. The zero-order valence-corrected chi connectivity index (χ0v) is 12.1. The molecule has 0 bridgehead atoms. The summed E-state index contributed by atoms with van der Waals surface area (Å²) in [4.78, 5) is 8.94. The Morgan fingerprint density at radius 1 is 0.818 bits per heavy atom. The summed E-state index contributed by atoms with van der Waals surface area (Å²) in [6.45, 7) is 2.07. The quantitative estimate of drug-likeness (QED) is 0.563. The van der Waals surface area contributed by atoms with Gasteiger partial charge in [0, 0.05) is 18.0 Å². The van der Waals surface area contributed by atoms with Crippen molar-refractivity contribution < 1.29 is 0 Å². The van der Waals surface area contributed by atoms with Gasteiger partial charge < -0.3 is 0 Å². The first-order chi connectivity index (χ1) is 10.8. The monoisotopic (exact) mass is 286 g/mol. The van der Waals surface area contributed by atoms with E-state index >= 15 is 0 Å². The van der Waals surface area contributed by atoms with Gasteiger partial charge in [0.05, 0.1) is 5.69 Å². The van der Waals surface area contributed by atoms with E-state index in [4.69, 9.17) is 5.10 Å². The Kier molecular flexibility index (Phi) is 2.93. The minimum absolute atomic E-state index is 0.768. The smallest absolute Gasteiger partial charge is 0.182 e. The SMILES string of the molecule is Cc1ccc(-c2nn(-c3ccccc3)c3nccnc23)cc1. The average molecular weight is 286 g/mol. The summed E-state index contributed by atoms with van der Waals surface area (Å²) >= 11 is 0. The Labute approximate surface area is 128 Å². The molecular weight excluding hydrogens is 272 g/mol. The normalized spacial score (nSPS) is 11.0. The fourth-order valence-corrected chi connectivity index (χ4v) is 2.50. The van der Waals surface area contributed by atoms with Gasteiger partial charge in [0.15, 0.2) is 5.65 Å². The van der Waals surface area contributed by atoms with Gasteiger partial charge in [-0.25, -0.2) is 14.6 Å². The lowest BCUT2D eigenvalue weighted by Gasteiger charge is -2.01. The second-order valence-electron chi connectivity index (χ2n) is 5.19. The van der Waals surface area contributed by atoms with Crippen molar-refractivity contribution in [3.8, 4) is 16.9 Å². The molecule has 4 nitrogen and oxygen atoms in total. The average Bonchev–Trinajstić information content (AvgIpc) is 2.96. The first kappa shape index (κ1) is 12.7. The number of nitrogens with zero attached hydrogens (tertiary/aromatic N) is 4. The van der Waals surface area contributed by atoms with Crippen molar-refractivity contribution in [1.29, 1.82) is 0 Å². The molecule has 22 heavy (non-hydrogen) atoms. The van der Waals surface area contributed by atoms with E-state index in [1.54, 1.807) is 12.4 Å². The maximum Gasteiger partial charge on any atom is 0.182 e. The van der Waals surface area contributed by atoms with Crippen molar-refractivity contribution in [3.05, 3.63) is 72.6 Å². The molecule has 0 saturated carbocycles. The Hall–Kier alpha value is -3.01. The fraction of sp³-hybridized carbons (Fsp3) is 0.0556. The lowest BCUT2D eigenvalue weighted by molar-refractivity contribution is 0.900. The molecule has 0 aliphatic carbocycles. The highest BCUT2D eigenvalue weighted by molar-refractivity contribution is 5.88. The minimum atomic E-state index is 0.768. The van der Waals surface area contributed by atoms with Crippen LogP contribution in [0.15, 0.2) is 67.0 Å². The summed E-state index contributed by atoms with van der Waals surface area (Å²) in [7, 11) is 0. The number of hydrogen-bond donors (Lipinski definition) is 0. The first-order valence-corrected chi connectivity index (χ1v) is 7.15. The summed E-state index contributed by atoms with van der Waals surface area (Å²) in [6.07, 6.45) is 3.40. The Morgan fingerprint density at radius 3 is 2.32 bits per heavy atom. The van der Waals surface area contributed by atoms with E-state index in [0.717, 1.165) is 28.1 Å². The van der Waals surface area contributed by atoms with Gasteiger partial charge in [-0.1, -0.05) is 48.0 Å². The molecule has 0 aliphatic heterocycles. The fourth-order valence-electron chi connectivity index (χ4n) is 2.50. The summed E-state index contributed by atoms with van der Waals surface area (Å²) in [6, 6.07) is 18.3. The van der Waals surface area contributed by atoms with Crippen LogP contribution in [0, 0.1) is 6.92 Å². The Bertz CT molecular complexity index is 924. The van der Waals surface area contributed by atoms with Gasteiger partial charge in [-0.3, -0.25) is 0 Å². The third kappa shape index (κ3) is 2.05. The number of benzene rings is 2. The van der Waals surface area contributed by atoms with E-state index in [9.17, 15) is 0 Å². The van der Waals surface area contributed by atoms with Gasteiger partial charge in [0.2, 0.25) is 0 Å². The van der Waals surface area contributed by atoms with Crippen LogP contribution < -0.4 is 0 Å². The highest BCUT2D eigenvalue weighted by atomic mass is 15.3. The molecule has 0 amide bonds. The van der Waals surface area contributed by atoms with Crippen molar-refractivity contribution in [1.82, 2.24) is 19.7 Å². The molecule has 0 fully saturated rings. The van der Waals surface area contributed by atoms with Crippen LogP contribution in [0.3, 0.4) is 0 Å². The highest BCUT2D eigenvalue weighted by Crippen LogP contribution is 2.27. The standard InChI is InChI=1S/C18H14N4/c1-13-7-9-14(10-8-13)16-17-18(20-12-11-19-17)22(21-16)15-5-3-2-4-6-15/h2-12H,1H3. The van der Waals surface area contributed by atoms with Crippen LogP contribution in [0.1, 0.15) is 5.56 Å². The zero-order chi connectivity index (χ0) is 14.9. The van der Waals surface area contributed by atoms with Crippen LogP contribution in [0.4, 0.5) is 0 Å².